The molecule has 104 valence electrons. The molecule has 0 aliphatic rings. The molecule has 0 aliphatic carbocycles. The fourth-order valence-corrected chi connectivity index (χ4v) is 1.47. The second kappa shape index (κ2) is 9.54. The maximum Gasteiger partial charge on any atom is 0.142 e. The third kappa shape index (κ3) is 6.37. The lowest BCUT2D eigenvalue weighted by Crippen LogP contribution is -2.03. The van der Waals surface area contributed by atoms with Gasteiger partial charge < -0.3 is 10.5 Å². The van der Waals surface area contributed by atoms with Crippen molar-refractivity contribution in [2.45, 2.75) is 20.5 Å². The molecule has 2 nitrogen and oxygen atoms in total. The van der Waals surface area contributed by atoms with E-state index in [9.17, 15) is 0 Å². The summed E-state index contributed by atoms with van der Waals surface area (Å²) < 4.78 is 5.49. The van der Waals surface area contributed by atoms with Gasteiger partial charge in [0.05, 0.1) is 15.7 Å². The van der Waals surface area contributed by atoms with Crippen LogP contribution < -0.4 is 5.73 Å². The summed E-state index contributed by atoms with van der Waals surface area (Å²) in [5.74, 6) is 0.492. The number of hydrogen-bond donors (Lipinski definition) is 1. The number of ether oxygens (including phenoxy) is 1. The number of nitrogens with two attached hydrogens (primary N) is 1. The zero-order valence-corrected chi connectivity index (χ0v) is 12.8. The summed E-state index contributed by atoms with van der Waals surface area (Å²) in [7, 11) is 0. The molecule has 0 saturated heterocycles. The highest BCUT2D eigenvalue weighted by Crippen LogP contribution is 2.23. The topological polar surface area (TPSA) is 35.2 Å². The predicted molar refractivity (Wildman–Crippen MR) is 84.2 cm³/mol. The molecule has 1 aromatic rings. The number of halogens is 2. The highest BCUT2D eigenvalue weighted by atomic mass is 35.5. The van der Waals surface area contributed by atoms with Crippen molar-refractivity contribution in [3.63, 3.8) is 0 Å². The van der Waals surface area contributed by atoms with Crippen LogP contribution in [0.2, 0.25) is 10.0 Å². The lowest BCUT2D eigenvalue weighted by molar-refractivity contribution is 0.206. The Kier molecular flexibility index (Phi) is 8.84. The normalized spacial score (nSPS) is 10.2. The smallest absolute Gasteiger partial charge is 0.142 e. The summed E-state index contributed by atoms with van der Waals surface area (Å²) in [6.07, 6.45) is 3.24. The summed E-state index contributed by atoms with van der Waals surface area (Å²) in [4.78, 5) is 0. The first-order chi connectivity index (χ1) is 9.04. The summed E-state index contributed by atoms with van der Waals surface area (Å²) in [5, 5.41) is 1.01. The molecule has 0 spiro atoms. The van der Waals surface area contributed by atoms with Gasteiger partial charge in [-0.3, -0.25) is 0 Å². The van der Waals surface area contributed by atoms with Crippen molar-refractivity contribution in [1.29, 1.82) is 0 Å². The highest BCUT2D eigenvalue weighted by molar-refractivity contribution is 6.42. The van der Waals surface area contributed by atoms with Crippen molar-refractivity contribution in [2.75, 3.05) is 0 Å². The Labute approximate surface area is 125 Å². The minimum atomic E-state index is 0.340. The minimum Gasteiger partial charge on any atom is -0.487 e. The first-order valence-corrected chi connectivity index (χ1v) is 6.64. The molecule has 0 atom stereocenters. The van der Waals surface area contributed by atoms with Crippen LogP contribution in [-0.4, -0.2) is 0 Å². The van der Waals surface area contributed by atoms with Gasteiger partial charge in [0.25, 0.3) is 0 Å². The van der Waals surface area contributed by atoms with Gasteiger partial charge in [0, 0.05) is 0 Å². The quantitative estimate of drug-likeness (QED) is 0.608. The van der Waals surface area contributed by atoms with Gasteiger partial charge in [-0.1, -0.05) is 62.3 Å². The van der Waals surface area contributed by atoms with Crippen LogP contribution >= 0.6 is 23.2 Å². The molecule has 19 heavy (non-hydrogen) atoms. The second-order valence-electron chi connectivity index (χ2n) is 3.33. The van der Waals surface area contributed by atoms with Crippen molar-refractivity contribution in [2.24, 2.45) is 5.73 Å². The lowest BCUT2D eigenvalue weighted by atomic mass is 10.2. The van der Waals surface area contributed by atoms with Gasteiger partial charge in [0.2, 0.25) is 0 Å². The van der Waals surface area contributed by atoms with Crippen LogP contribution in [0, 0.1) is 0 Å². The van der Waals surface area contributed by atoms with Gasteiger partial charge in [0.1, 0.15) is 12.4 Å². The molecule has 4 heteroatoms. The third-order valence-electron chi connectivity index (χ3n) is 1.96. The standard InChI is InChI=1S/C13H13Cl2NO.C2H6/c1-3-4-13(9(2)16)17-8-10-5-6-11(14)12(15)7-10;1-2/h3-7H,1-2,8,16H2;1-2H3/b13-4+;. The number of allylic oxidation sites excluding steroid dienone is 2. The zero-order valence-electron chi connectivity index (χ0n) is 11.2. The van der Waals surface area contributed by atoms with Gasteiger partial charge in [-0.05, 0) is 23.8 Å². The molecule has 0 aliphatic heterocycles. The molecular weight excluding hydrogens is 281 g/mol. The average Bonchev–Trinajstić information content (AvgIpc) is 2.40. The second-order valence-corrected chi connectivity index (χ2v) is 4.14. The van der Waals surface area contributed by atoms with E-state index in [1.807, 2.05) is 19.9 Å². The van der Waals surface area contributed by atoms with E-state index in [2.05, 4.69) is 13.2 Å². The molecule has 0 aromatic heterocycles. The Bertz CT molecular complexity index is 467. The number of rotatable bonds is 5. The fourth-order valence-electron chi connectivity index (χ4n) is 1.15. The van der Waals surface area contributed by atoms with Crippen molar-refractivity contribution in [1.82, 2.24) is 0 Å². The van der Waals surface area contributed by atoms with Crippen molar-refractivity contribution >= 4 is 23.2 Å². The number of benzene rings is 1. The Hall–Kier alpha value is -1.38. The van der Waals surface area contributed by atoms with Crippen molar-refractivity contribution in [3.8, 4) is 0 Å². The van der Waals surface area contributed by atoms with E-state index >= 15 is 0 Å². The summed E-state index contributed by atoms with van der Waals surface area (Å²) >= 11 is 11.7. The maximum absolute atomic E-state index is 5.89. The summed E-state index contributed by atoms with van der Waals surface area (Å²) in [6, 6.07) is 5.30. The summed E-state index contributed by atoms with van der Waals surface area (Å²) in [6.45, 7) is 11.5. The van der Waals surface area contributed by atoms with Gasteiger partial charge in [-0.25, -0.2) is 0 Å². The Balaban J connectivity index is 0.00000154. The Morgan fingerprint density at radius 2 is 1.95 bits per heavy atom. The maximum atomic E-state index is 5.89. The van der Waals surface area contributed by atoms with E-state index in [0.29, 0.717) is 28.1 Å². The monoisotopic (exact) mass is 299 g/mol. The first-order valence-electron chi connectivity index (χ1n) is 5.88. The molecule has 0 heterocycles. The van der Waals surface area contributed by atoms with Crippen LogP contribution in [0.3, 0.4) is 0 Å². The molecule has 2 N–H and O–H groups in total. The van der Waals surface area contributed by atoms with Crippen LogP contribution in [0.1, 0.15) is 19.4 Å². The molecule has 1 rings (SSSR count). The van der Waals surface area contributed by atoms with E-state index in [4.69, 9.17) is 33.7 Å². The zero-order chi connectivity index (χ0) is 14.8. The minimum absolute atomic E-state index is 0.340. The van der Waals surface area contributed by atoms with Gasteiger partial charge in [-0.15, -0.1) is 0 Å². The van der Waals surface area contributed by atoms with E-state index in [0.717, 1.165) is 5.56 Å². The molecule has 0 amide bonds. The summed E-state index contributed by atoms with van der Waals surface area (Å²) in [5.41, 5.74) is 6.81. The molecule has 1 aromatic carbocycles. The van der Waals surface area contributed by atoms with Crippen molar-refractivity contribution in [3.05, 3.63) is 70.6 Å². The van der Waals surface area contributed by atoms with Gasteiger partial charge in [-0.2, -0.15) is 0 Å². The lowest BCUT2D eigenvalue weighted by Gasteiger charge is -2.10. The van der Waals surface area contributed by atoms with E-state index in [1.165, 1.54) is 0 Å². The van der Waals surface area contributed by atoms with Crippen LogP contribution in [-0.2, 0) is 11.3 Å². The molecule has 0 saturated carbocycles. The fraction of sp³-hybridized carbons (Fsp3) is 0.200. The predicted octanol–water partition coefficient (Wildman–Crippen LogP) is 5.08. The SMILES string of the molecule is C=C/C=C(/OCc1ccc(Cl)c(Cl)c1)C(=C)N.CC. The largest absolute Gasteiger partial charge is 0.487 e. The van der Waals surface area contributed by atoms with E-state index in [-0.39, 0.29) is 0 Å². The van der Waals surface area contributed by atoms with E-state index in [1.54, 1.807) is 24.3 Å². The molecule has 0 unspecified atom stereocenters. The van der Waals surface area contributed by atoms with Crippen LogP contribution in [0.5, 0.6) is 0 Å². The van der Waals surface area contributed by atoms with Crippen LogP contribution in [0.25, 0.3) is 0 Å². The Morgan fingerprint density at radius 1 is 1.32 bits per heavy atom. The van der Waals surface area contributed by atoms with Crippen LogP contribution in [0.15, 0.2) is 55.0 Å². The molecule has 0 bridgehead atoms. The first kappa shape index (κ1) is 17.6. The number of hydrogen-bond acceptors (Lipinski definition) is 2. The highest BCUT2D eigenvalue weighted by Gasteiger charge is 2.03. The molecular formula is C15H19Cl2NO. The van der Waals surface area contributed by atoms with Gasteiger partial charge in [0.15, 0.2) is 0 Å². The Morgan fingerprint density at radius 3 is 2.42 bits per heavy atom. The molecule has 0 fully saturated rings. The van der Waals surface area contributed by atoms with Crippen molar-refractivity contribution < 1.29 is 4.74 Å². The van der Waals surface area contributed by atoms with E-state index < -0.39 is 0 Å². The average molecular weight is 300 g/mol. The molecule has 0 radical (unpaired) electrons. The van der Waals surface area contributed by atoms with Crippen LogP contribution in [0.4, 0.5) is 0 Å². The third-order valence-corrected chi connectivity index (χ3v) is 2.70. The van der Waals surface area contributed by atoms with Gasteiger partial charge >= 0.3 is 0 Å².